The smallest absolute Gasteiger partial charge is 0.146 e. The van der Waals surface area contributed by atoms with E-state index in [4.69, 9.17) is 0 Å². The molecule has 0 amide bonds. The van der Waals surface area contributed by atoms with E-state index in [0.717, 1.165) is 29.9 Å². The molecule has 2 rings (SSSR count). The molecule has 0 saturated carbocycles. The van der Waals surface area contributed by atoms with Crippen molar-refractivity contribution >= 4 is 21.7 Å². The molecule has 18 heavy (non-hydrogen) atoms. The Kier molecular flexibility index (Phi) is 4.95. The van der Waals surface area contributed by atoms with Gasteiger partial charge in [-0.1, -0.05) is 13.8 Å². The Balaban J connectivity index is 2.11. The van der Waals surface area contributed by atoms with Crippen LogP contribution in [0.2, 0.25) is 0 Å². The van der Waals surface area contributed by atoms with Gasteiger partial charge in [-0.05, 0) is 41.2 Å². The Labute approximate surface area is 117 Å². The van der Waals surface area contributed by atoms with Crippen LogP contribution in [0.4, 0.5) is 5.82 Å². The zero-order chi connectivity index (χ0) is 13.0. The Morgan fingerprint density at radius 2 is 2.39 bits per heavy atom. The molecule has 0 radical (unpaired) electrons. The molecule has 0 aliphatic carbocycles. The second kappa shape index (κ2) is 6.48. The summed E-state index contributed by atoms with van der Waals surface area (Å²) in [7, 11) is 0. The molecule has 1 fully saturated rings. The second-order valence-electron chi connectivity index (χ2n) is 5.29. The SMILES string of the molecule is CC(C)CN(CC1CCCN1)c1ncncc1Br. The van der Waals surface area contributed by atoms with Crippen LogP contribution < -0.4 is 10.2 Å². The summed E-state index contributed by atoms with van der Waals surface area (Å²) in [4.78, 5) is 10.8. The molecule has 5 heteroatoms. The molecule has 1 unspecified atom stereocenters. The molecule has 2 heterocycles. The topological polar surface area (TPSA) is 41.0 Å². The van der Waals surface area contributed by atoms with Crippen molar-refractivity contribution < 1.29 is 0 Å². The lowest BCUT2D eigenvalue weighted by Gasteiger charge is -2.29. The number of halogens is 1. The van der Waals surface area contributed by atoms with Crippen molar-refractivity contribution in [2.24, 2.45) is 5.92 Å². The van der Waals surface area contributed by atoms with Crippen LogP contribution in [0.15, 0.2) is 17.0 Å². The van der Waals surface area contributed by atoms with Gasteiger partial charge >= 0.3 is 0 Å². The van der Waals surface area contributed by atoms with Crippen LogP contribution in [-0.4, -0.2) is 35.6 Å². The van der Waals surface area contributed by atoms with E-state index in [0.29, 0.717) is 12.0 Å². The van der Waals surface area contributed by atoms with Crippen molar-refractivity contribution in [2.45, 2.75) is 32.7 Å². The number of hydrogen-bond acceptors (Lipinski definition) is 4. The Bertz CT molecular complexity index is 377. The van der Waals surface area contributed by atoms with E-state index in [1.807, 2.05) is 6.20 Å². The first-order chi connectivity index (χ1) is 8.66. The fraction of sp³-hybridized carbons (Fsp3) is 0.692. The van der Waals surface area contributed by atoms with E-state index in [-0.39, 0.29) is 0 Å². The normalized spacial score (nSPS) is 19.4. The third kappa shape index (κ3) is 3.65. The van der Waals surface area contributed by atoms with E-state index in [2.05, 4.69) is 50.0 Å². The molecule has 4 nitrogen and oxygen atoms in total. The minimum absolute atomic E-state index is 0.589. The van der Waals surface area contributed by atoms with Gasteiger partial charge in [0.25, 0.3) is 0 Å². The van der Waals surface area contributed by atoms with E-state index < -0.39 is 0 Å². The Hall–Kier alpha value is -0.680. The van der Waals surface area contributed by atoms with Crippen molar-refractivity contribution in [3.8, 4) is 0 Å². The van der Waals surface area contributed by atoms with Crippen molar-refractivity contribution in [3.63, 3.8) is 0 Å². The first-order valence-electron chi connectivity index (χ1n) is 6.60. The van der Waals surface area contributed by atoms with Crippen LogP contribution >= 0.6 is 15.9 Å². The zero-order valence-electron chi connectivity index (χ0n) is 11.1. The Morgan fingerprint density at radius 1 is 1.56 bits per heavy atom. The third-order valence-corrected chi connectivity index (χ3v) is 3.70. The molecule has 1 aromatic rings. The monoisotopic (exact) mass is 312 g/mol. The summed E-state index contributed by atoms with van der Waals surface area (Å²) in [5.74, 6) is 1.63. The summed E-state index contributed by atoms with van der Waals surface area (Å²) in [5, 5.41) is 3.55. The molecule has 1 N–H and O–H groups in total. The van der Waals surface area contributed by atoms with Crippen LogP contribution in [0.1, 0.15) is 26.7 Å². The number of rotatable bonds is 5. The van der Waals surface area contributed by atoms with Gasteiger partial charge in [0, 0.05) is 25.3 Å². The van der Waals surface area contributed by atoms with Crippen molar-refractivity contribution in [2.75, 3.05) is 24.5 Å². The fourth-order valence-corrected chi connectivity index (χ4v) is 2.88. The van der Waals surface area contributed by atoms with Crippen LogP contribution in [0.5, 0.6) is 0 Å². The number of nitrogens with one attached hydrogen (secondary N) is 1. The minimum Gasteiger partial charge on any atom is -0.354 e. The highest BCUT2D eigenvalue weighted by atomic mass is 79.9. The van der Waals surface area contributed by atoms with Crippen molar-refractivity contribution in [3.05, 3.63) is 17.0 Å². The number of nitrogens with zero attached hydrogens (tertiary/aromatic N) is 3. The molecule has 1 atom stereocenters. The molecule has 100 valence electrons. The molecule has 0 spiro atoms. The largest absolute Gasteiger partial charge is 0.354 e. The maximum absolute atomic E-state index is 4.41. The van der Waals surface area contributed by atoms with Crippen LogP contribution in [0, 0.1) is 5.92 Å². The van der Waals surface area contributed by atoms with Crippen LogP contribution in [0.3, 0.4) is 0 Å². The van der Waals surface area contributed by atoms with Gasteiger partial charge in [0.2, 0.25) is 0 Å². The van der Waals surface area contributed by atoms with E-state index in [1.165, 1.54) is 12.8 Å². The first kappa shape index (κ1) is 13.7. The van der Waals surface area contributed by atoms with Gasteiger partial charge in [-0.3, -0.25) is 0 Å². The third-order valence-electron chi connectivity index (χ3n) is 3.14. The number of hydrogen-bond donors (Lipinski definition) is 1. The molecule has 1 saturated heterocycles. The number of anilines is 1. The summed E-state index contributed by atoms with van der Waals surface area (Å²) in [6, 6.07) is 0.589. The molecule has 0 aromatic carbocycles. The predicted octanol–water partition coefficient (Wildman–Crippen LogP) is 2.45. The van der Waals surface area contributed by atoms with E-state index >= 15 is 0 Å². The molecule has 1 aliphatic heterocycles. The second-order valence-corrected chi connectivity index (χ2v) is 6.14. The average Bonchev–Trinajstić information content (AvgIpc) is 2.81. The Morgan fingerprint density at radius 3 is 3.00 bits per heavy atom. The summed E-state index contributed by atoms with van der Waals surface area (Å²) >= 11 is 3.55. The van der Waals surface area contributed by atoms with Gasteiger partial charge in [0.05, 0.1) is 4.47 Å². The maximum Gasteiger partial charge on any atom is 0.146 e. The molecular weight excluding hydrogens is 292 g/mol. The van der Waals surface area contributed by atoms with E-state index in [1.54, 1.807) is 6.33 Å². The van der Waals surface area contributed by atoms with Gasteiger partial charge in [-0.2, -0.15) is 0 Å². The molecular formula is C13H21BrN4. The van der Waals surface area contributed by atoms with Gasteiger partial charge in [0.15, 0.2) is 0 Å². The summed E-state index contributed by atoms with van der Waals surface area (Å²) < 4.78 is 0.976. The molecule has 0 bridgehead atoms. The molecule has 1 aromatic heterocycles. The fourth-order valence-electron chi connectivity index (χ4n) is 2.41. The van der Waals surface area contributed by atoms with Crippen molar-refractivity contribution in [1.82, 2.24) is 15.3 Å². The highest BCUT2D eigenvalue weighted by Gasteiger charge is 2.20. The standard InChI is InChI=1S/C13H21BrN4/c1-10(2)7-18(8-11-4-3-5-16-11)13-12(14)6-15-9-17-13/h6,9-11,16H,3-5,7-8H2,1-2H3. The highest BCUT2D eigenvalue weighted by Crippen LogP contribution is 2.24. The quantitative estimate of drug-likeness (QED) is 0.906. The predicted molar refractivity (Wildman–Crippen MR) is 77.8 cm³/mol. The van der Waals surface area contributed by atoms with Gasteiger partial charge in [0.1, 0.15) is 12.1 Å². The minimum atomic E-state index is 0.589. The maximum atomic E-state index is 4.41. The summed E-state index contributed by atoms with van der Waals surface area (Å²) in [6.07, 6.45) is 5.98. The van der Waals surface area contributed by atoms with Crippen LogP contribution in [0.25, 0.3) is 0 Å². The van der Waals surface area contributed by atoms with Crippen molar-refractivity contribution in [1.29, 1.82) is 0 Å². The van der Waals surface area contributed by atoms with Gasteiger partial charge < -0.3 is 10.2 Å². The molecule has 1 aliphatic rings. The van der Waals surface area contributed by atoms with E-state index in [9.17, 15) is 0 Å². The summed E-state index contributed by atoms with van der Waals surface area (Å²) in [6.45, 7) is 7.67. The summed E-state index contributed by atoms with van der Waals surface area (Å²) in [5.41, 5.74) is 0. The average molecular weight is 313 g/mol. The van der Waals surface area contributed by atoms with Gasteiger partial charge in [-0.25, -0.2) is 9.97 Å². The first-order valence-corrected chi connectivity index (χ1v) is 7.40. The lowest BCUT2D eigenvalue weighted by atomic mass is 10.1. The van der Waals surface area contributed by atoms with Gasteiger partial charge in [-0.15, -0.1) is 0 Å². The number of aromatic nitrogens is 2. The zero-order valence-corrected chi connectivity index (χ0v) is 12.7. The van der Waals surface area contributed by atoms with Crippen LogP contribution in [-0.2, 0) is 0 Å². The lowest BCUT2D eigenvalue weighted by molar-refractivity contribution is 0.537. The lowest BCUT2D eigenvalue weighted by Crippen LogP contribution is -2.40. The highest BCUT2D eigenvalue weighted by molar-refractivity contribution is 9.10.